The van der Waals surface area contributed by atoms with Gasteiger partial charge in [0, 0.05) is 11.7 Å². The van der Waals surface area contributed by atoms with Crippen molar-refractivity contribution in [2.75, 3.05) is 0 Å². The lowest BCUT2D eigenvalue weighted by molar-refractivity contribution is 0.118. The maximum atomic E-state index is 6.84. The van der Waals surface area contributed by atoms with Crippen LogP contribution in [0, 0.1) is 17.4 Å². The minimum atomic E-state index is -2.34. The number of hydrogen-bond acceptors (Lipinski definition) is 1. The van der Waals surface area contributed by atoms with Gasteiger partial charge in [-0.1, -0.05) is 78.9 Å². The van der Waals surface area contributed by atoms with Crippen molar-refractivity contribution >= 4 is 13.5 Å². The van der Waals surface area contributed by atoms with E-state index in [-0.39, 0.29) is 0 Å². The van der Waals surface area contributed by atoms with Gasteiger partial charge in [0.05, 0.1) is 0 Å². The van der Waals surface area contributed by atoms with Crippen LogP contribution in [0.3, 0.4) is 0 Å². The van der Waals surface area contributed by atoms with Gasteiger partial charge in [-0.3, -0.25) is 0 Å². The van der Waals surface area contributed by atoms with Crippen LogP contribution in [0.25, 0.3) is 0 Å². The second-order valence-electron chi connectivity index (χ2n) is 7.65. The van der Waals surface area contributed by atoms with E-state index in [0.29, 0.717) is 6.10 Å². The van der Waals surface area contributed by atoms with Crippen LogP contribution in [0.5, 0.6) is 0 Å². The van der Waals surface area contributed by atoms with Crippen LogP contribution in [0.15, 0.2) is 73.3 Å². The van der Waals surface area contributed by atoms with E-state index in [1.165, 1.54) is 24.4 Å². The summed E-state index contributed by atoms with van der Waals surface area (Å²) in [6.07, 6.45) is 9.63. The zero-order valence-electron chi connectivity index (χ0n) is 16.4. The normalized spacial score (nSPS) is 21.5. The van der Waals surface area contributed by atoms with Crippen molar-refractivity contribution < 1.29 is 4.43 Å². The van der Waals surface area contributed by atoms with Crippen LogP contribution in [0.4, 0.5) is 0 Å². The minimum Gasteiger partial charge on any atom is -0.399 e. The largest absolute Gasteiger partial charge is 0.399 e. The molecule has 0 amide bonds. The fraction of sp³-hybridized carbons (Fsp3) is 0.360. The zero-order valence-corrected chi connectivity index (χ0v) is 17.4. The number of benzene rings is 2. The average molecular weight is 375 g/mol. The molecule has 0 saturated heterocycles. The molecule has 3 atom stereocenters. The summed E-state index contributed by atoms with van der Waals surface area (Å²) >= 11 is 0. The smallest absolute Gasteiger partial charge is 0.301 e. The van der Waals surface area contributed by atoms with Crippen molar-refractivity contribution in [3.8, 4) is 11.5 Å². The van der Waals surface area contributed by atoms with Crippen molar-refractivity contribution in [2.24, 2.45) is 5.92 Å². The predicted octanol–water partition coefficient (Wildman–Crippen LogP) is 5.60. The molecule has 140 valence electrons. The fourth-order valence-corrected chi connectivity index (χ4v) is 6.37. The lowest BCUT2D eigenvalue weighted by Crippen LogP contribution is -2.50. The van der Waals surface area contributed by atoms with E-state index < -0.39 is 8.32 Å². The van der Waals surface area contributed by atoms with E-state index in [9.17, 15) is 0 Å². The van der Waals surface area contributed by atoms with Crippen molar-refractivity contribution in [3.05, 3.63) is 78.9 Å². The van der Waals surface area contributed by atoms with Crippen LogP contribution in [0.1, 0.15) is 44.1 Å². The highest BCUT2D eigenvalue weighted by molar-refractivity contribution is 6.92. The first-order valence-corrected chi connectivity index (χ1v) is 12.5. The molecule has 0 N–H and O–H groups in total. The van der Waals surface area contributed by atoms with Gasteiger partial charge in [0.15, 0.2) is 0 Å². The lowest BCUT2D eigenvalue weighted by Gasteiger charge is -2.34. The predicted molar refractivity (Wildman–Crippen MR) is 117 cm³/mol. The summed E-state index contributed by atoms with van der Waals surface area (Å²) in [6, 6.07) is 20.9. The monoisotopic (exact) mass is 374 g/mol. The van der Waals surface area contributed by atoms with Crippen LogP contribution in [-0.4, -0.2) is 14.4 Å². The van der Waals surface area contributed by atoms with E-state index in [2.05, 4.69) is 67.1 Å². The Bertz CT molecular complexity index is 774. The van der Waals surface area contributed by atoms with Gasteiger partial charge >= 0.3 is 8.32 Å². The number of rotatable bonds is 6. The molecule has 3 rings (SSSR count). The van der Waals surface area contributed by atoms with Gasteiger partial charge in [-0.05, 0) is 55.5 Å². The Morgan fingerprint density at radius 2 is 1.78 bits per heavy atom. The molecule has 0 bridgehead atoms. The second-order valence-corrected chi connectivity index (χ2v) is 10.8. The maximum Gasteiger partial charge on any atom is 0.301 e. The highest BCUT2D eigenvalue weighted by Gasteiger charge is 2.35. The van der Waals surface area contributed by atoms with Crippen LogP contribution < -0.4 is 5.19 Å². The van der Waals surface area contributed by atoms with Crippen molar-refractivity contribution in [2.45, 2.75) is 51.2 Å². The Kier molecular flexibility index (Phi) is 7.09. The molecule has 0 aromatic heterocycles. The molecule has 2 heteroatoms. The minimum absolute atomic E-state index is 0.329. The molecule has 1 aliphatic rings. The van der Waals surface area contributed by atoms with Gasteiger partial charge in [0.2, 0.25) is 0 Å². The summed E-state index contributed by atoms with van der Waals surface area (Å²) in [6.45, 7) is 6.13. The molecule has 2 aromatic carbocycles. The van der Waals surface area contributed by atoms with Gasteiger partial charge in [0.1, 0.15) is 0 Å². The molecule has 1 aliphatic carbocycles. The molecule has 1 fully saturated rings. The van der Waals surface area contributed by atoms with E-state index >= 15 is 0 Å². The zero-order chi connectivity index (χ0) is 19.0. The third-order valence-corrected chi connectivity index (χ3v) is 8.30. The summed E-state index contributed by atoms with van der Waals surface area (Å²) in [5, 5.41) is 1.27. The van der Waals surface area contributed by atoms with Gasteiger partial charge < -0.3 is 4.43 Å². The molecule has 1 saturated carbocycles. The third kappa shape index (κ3) is 5.69. The fourth-order valence-electron chi connectivity index (χ4n) is 3.94. The van der Waals surface area contributed by atoms with Crippen LogP contribution in [-0.2, 0) is 4.43 Å². The summed E-state index contributed by atoms with van der Waals surface area (Å²) < 4.78 is 6.84. The number of hydrogen-bond donors (Lipinski definition) is 0. The Morgan fingerprint density at radius 3 is 2.48 bits per heavy atom. The first kappa shape index (κ1) is 19.7. The second kappa shape index (κ2) is 9.74. The van der Waals surface area contributed by atoms with E-state index in [0.717, 1.165) is 30.7 Å². The van der Waals surface area contributed by atoms with E-state index in [1.54, 1.807) is 0 Å². The summed E-state index contributed by atoms with van der Waals surface area (Å²) in [7, 11) is -2.34. The number of allylic oxidation sites excluding steroid dienone is 1. The first-order chi connectivity index (χ1) is 13.2. The Hall–Kier alpha value is -2.08. The highest BCUT2D eigenvalue weighted by Crippen LogP contribution is 2.31. The average Bonchev–Trinajstić information content (AvgIpc) is 2.72. The molecule has 27 heavy (non-hydrogen) atoms. The van der Waals surface area contributed by atoms with Gasteiger partial charge in [-0.15, -0.1) is 6.58 Å². The Balaban J connectivity index is 1.80. The topological polar surface area (TPSA) is 9.23 Å². The van der Waals surface area contributed by atoms with Crippen molar-refractivity contribution in [1.29, 1.82) is 0 Å². The van der Waals surface area contributed by atoms with Crippen LogP contribution >= 0.6 is 0 Å². The molecule has 1 nitrogen and oxygen atoms in total. The quantitative estimate of drug-likeness (QED) is 0.363. The van der Waals surface area contributed by atoms with Crippen molar-refractivity contribution in [1.82, 2.24) is 0 Å². The van der Waals surface area contributed by atoms with E-state index in [1.807, 2.05) is 24.3 Å². The van der Waals surface area contributed by atoms with Crippen LogP contribution in [0.2, 0.25) is 6.55 Å². The van der Waals surface area contributed by atoms with Crippen molar-refractivity contribution in [3.63, 3.8) is 0 Å². The third-order valence-electron chi connectivity index (χ3n) is 5.46. The van der Waals surface area contributed by atoms with Gasteiger partial charge in [-0.25, -0.2) is 0 Å². The molecule has 0 radical (unpaired) electrons. The van der Waals surface area contributed by atoms with Gasteiger partial charge in [0.25, 0.3) is 0 Å². The maximum absolute atomic E-state index is 6.84. The molecule has 0 aliphatic heterocycles. The molecule has 1 unspecified atom stereocenters. The summed E-state index contributed by atoms with van der Waals surface area (Å²) in [5.74, 6) is 4.15. The Labute approximate surface area is 165 Å². The molecule has 2 aromatic rings. The molecule has 0 spiro atoms. The summed E-state index contributed by atoms with van der Waals surface area (Å²) in [4.78, 5) is 0. The lowest BCUT2D eigenvalue weighted by atomic mass is 9.84. The first-order valence-electron chi connectivity index (χ1n) is 10.1. The standard InChI is InChI=1S/C25H30OSi/c1-3-4-12-23-15-11-16-24(21-23)26-27(2,25-17-9-6-10-18-25)20-19-22-13-7-5-8-14-22/h3,5-10,13-14,17-18,23-24H,1,4,11-12,15-16,21H2,2H3/t23-,24-,27?/m1/s1. The highest BCUT2D eigenvalue weighted by atomic mass is 28.4. The Morgan fingerprint density at radius 1 is 1.07 bits per heavy atom. The van der Waals surface area contributed by atoms with Gasteiger partial charge in [-0.2, -0.15) is 0 Å². The molecular weight excluding hydrogens is 344 g/mol. The summed E-state index contributed by atoms with van der Waals surface area (Å²) in [5.41, 5.74) is 4.64. The molecular formula is C25H30OSi. The van der Waals surface area contributed by atoms with E-state index in [4.69, 9.17) is 4.43 Å². The molecule has 0 heterocycles. The SMILES string of the molecule is C=CCC[C@@H]1CCC[C@@H](O[Si](C)(C#Cc2ccccc2)c2ccccc2)C1.